The predicted octanol–water partition coefficient (Wildman–Crippen LogP) is 15.9. The summed E-state index contributed by atoms with van der Waals surface area (Å²) in [6, 6.07) is 60.5. The Hall–Kier alpha value is -9.98. The van der Waals surface area contributed by atoms with Gasteiger partial charge in [-0.2, -0.15) is 0 Å². The van der Waals surface area contributed by atoms with Gasteiger partial charge in [0.15, 0.2) is 0 Å². The second-order valence-electron chi connectivity index (χ2n) is 20.5. The first kappa shape index (κ1) is 37.7. The number of hydrogen-bond acceptors (Lipinski definition) is 4. The Morgan fingerprint density at radius 3 is 1.85 bits per heavy atom. The Morgan fingerprint density at radius 1 is 0.557 bits per heavy atom. The number of nitrogens with zero attached hydrogens (tertiary/aromatic N) is 4. The van der Waals surface area contributed by atoms with Crippen LogP contribution in [0.1, 0.15) is 40.0 Å². The van der Waals surface area contributed by atoms with Gasteiger partial charge in [-0.1, -0.05) is 238 Å². The van der Waals surface area contributed by atoms with Crippen molar-refractivity contribution in [2.45, 2.75) is 26.2 Å². The molecule has 13 aromatic rings. The van der Waals surface area contributed by atoms with Crippen LogP contribution in [0.2, 0.25) is 0 Å². The molecule has 7 heteroatoms. The van der Waals surface area contributed by atoms with Crippen LogP contribution in [0.25, 0.3) is 77.9 Å². The quantitative estimate of drug-likeness (QED) is 0.0778. The van der Waals surface area contributed by atoms with Gasteiger partial charge in [-0.3, -0.25) is 14.0 Å². The summed E-state index contributed by atoms with van der Waals surface area (Å²) < 4.78 is 106. The van der Waals surface area contributed by atoms with Gasteiger partial charge in [0.05, 0.1) is 36.1 Å². The van der Waals surface area contributed by atoms with Crippen LogP contribution in [0.4, 0.5) is 17.4 Å². The number of aromatic nitrogens is 3. The number of imidazole rings is 1. The molecule has 376 valence electrons. The van der Waals surface area contributed by atoms with Gasteiger partial charge in [0.25, 0.3) is 13.0 Å². The molecular formula is C72H53BN4O2. The molecule has 0 spiro atoms. The SMILES string of the molecule is [2H]c1c([2H])c([2H])c(-c2cccc(-c3c([2H])c([2H])c([2H])c([2H])c3[2H])c2-[n+]2[c-]n(-c3cccc(Oc4ccc5c(c4)N(c4cc(C(C)(C)C)ccn4)c4oc6ccccc6c4B5c4c(-c5ccccc5)cccc4-c4ccccc4)c3)c3ccccc32)c([2H])c1[2H]. The van der Waals surface area contributed by atoms with E-state index in [4.69, 9.17) is 27.8 Å². The number of benzene rings is 10. The van der Waals surface area contributed by atoms with Crippen molar-refractivity contribution >= 4 is 62.5 Å². The summed E-state index contributed by atoms with van der Waals surface area (Å²) in [5.41, 5.74) is 11.8. The monoisotopic (exact) mass is 1030 g/mol. The molecule has 0 atom stereocenters. The number of para-hydroxylation sites is 4. The first-order chi connectivity index (χ1) is 43.0. The zero-order valence-electron chi connectivity index (χ0n) is 53.3. The molecule has 4 heterocycles. The van der Waals surface area contributed by atoms with Gasteiger partial charge in [-0.25, -0.2) is 4.98 Å². The molecule has 0 aliphatic carbocycles. The van der Waals surface area contributed by atoms with Crippen LogP contribution in [-0.4, -0.2) is 16.3 Å². The third-order valence-corrected chi connectivity index (χ3v) is 14.7. The molecule has 1 aliphatic rings. The van der Waals surface area contributed by atoms with E-state index in [9.17, 15) is 0 Å². The average molecular weight is 1030 g/mol. The van der Waals surface area contributed by atoms with Crippen LogP contribution < -0.4 is 30.6 Å². The van der Waals surface area contributed by atoms with Crippen molar-refractivity contribution in [3.8, 4) is 67.4 Å². The molecule has 0 unspecified atom stereocenters. The molecule has 3 aromatic heterocycles. The van der Waals surface area contributed by atoms with E-state index in [0.717, 1.165) is 60.9 Å². The lowest BCUT2D eigenvalue weighted by atomic mass is 9.33. The Bertz CT molecular complexity index is 4830. The van der Waals surface area contributed by atoms with E-state index in [1.165, 1.54) is 0 Å². The Labute approximate surface area is 474 Å². The molecule has 10 aromatic carbocycles. The van der Waals surface area contributed by atoms with Crippen molar-refractivity contribution in [3.63, 3.8) is 0 Å². The molecule has 0 saturated heterocycles. The van der Waals surface area contributed by atoms with Gasteiger partial charge >= 0.3 is 0 Å². The maximum Gasteiger partial charge on any atom is 0.269 e. The summed E-state index contributed by atoms with van der Waals surface area (Å²) in [7, 11) is 0. The van der Waals surface area contributed by atoms with Gasteiger partial charge in [-0.05, 0) is 103 Å². The van der Waals surface area contributed by atoms with Crippen LogP contribution in [0.15, 0.2) is 271 Å². The van der Waals surface area contributed by atoms with E-state index in [1.807, 2.05) is 91.1 Å². The lowest BCUT2D eigenvalue weighted by Crippen LogP contribution is -2.58. The van der Waals surface area contributed by atoms with E-state index in [2.05, 4.69) is 129 Å². The molecule has 0 radical (unpaired) electrons. The van der Waals surface area contributed by atoms with Crippen LogP contribution in [0, 0.1) is 6.33 Å². The third kappa shape index (κ3) is 8.48. The number of furan rings is 1. The van der Waals surface area contributed by atoms with Crippen molar-refractivity contribution in [1.29, 1.82) is 0 Å². The zero-order valence-corrected chi connectivity index (χ0v) is 43.3. The second kappa shape index (κ2) is 19.6. The Morgan fingerprint density at radius 2 is 1.16 bits per heavy atom. The van der Waals surface area contributed by atoms with Gasteiger partial charge in [0, 0.05) is 28.8 Å². The lowest BCUT2D eigenvalue weighted by molar-refractivity contribution is -0.571. The van der Waals surface area contributed by atoms with E-state index in [0.29, 0.717) is 39.9 Å². The van der Waals surface area contributed by atoms with Crippen LogP contribution >= 0.6 is 0 Å². The van der Waals surface area contributed by atoms with Crippen molar-refractivity contribution in [2.24, 2.45) is 0 Å². The van der Waals surface area contributed by atoms with Gasteiger partial charge in [0.1, 0.15) is 22.9 Å². The van der Waals surface area contributed by atoms with Crippen molar-refractivity contribution in [2.75, 3.05) is 4.90 Å². The van der Waals surface area contributed by atoms with Gasteiger partial charge in [0.2, 0.25) is 5.88 Å². The molecular weight excluding hydrogens is 964 g/mol. The largest absolute Gasteiger partial charge is 0.458 e. The highest BCUT2D eigenvalue weighted by atomic mass is 16.5. The normalized spacial score (nSPS) is 14.0. The molecule has 0 fully saturated rings. The fourth-order valence-corrected chi connectivity index (χ4v) is 11.1. The fraction of sp³-hybridized carbons (Fsp3) is 0.0556. The number of rotatable bonds is 10. The highest BCUT2D eigenvalue weighted by Crippen LogP contribution is 2.43. The smallest absolute Gasteiger partial charge is 0.269 e. The summed E-state index contributed by atoms with van der Waals surface area (Å²) in [5, 5.41) is 0.979. The van der Waals surface area contributed by atoms with Crippen molar-refractivity contribution in [1.82, 2.24) is 9.55 Å². The molecule has 0 bridgehead atoms. The maximum absolute atomic E-state index is 9.15. The van der Waals surface area contributed by atoms with Crippen molar-refractivity contribution in [3.05, 3.63) is 279 Å². The zero-order chi connectivity index (χ0) is 61.7. The molecule has 6 nitrogen and oxygen atoms in total. The molecule has 1 aliphatic heterocycles. The molecule has 79 heavy (non-hydrogen) atoms. The number of ether oxygens (including phenoxy) is 1. The number of fused-ring (bicyclic) bond motifs is 5. The Kier molecular flexibility index (Phi) is 9.33. The minimum atomic E-state index is -0.577. The fourth-order valence-electron chi connectivity index (χ4n) is 11.1. The van der Waals surface area contributed by atoms with Crippen molar-refractivity contribution < 1.29 is 27.4 Å². The summed E-state index contributed by atoms with van der Waals surface area (Å²) in [5.74, 6) is 2.29. The lowest BCUT2D eigenvalue weighted by Gasteiger charge is -2.35. The molecule has 0 amide bonds. The summed E-state index contributed by atoms with van der Waals surface area (Å²) >= 11 is 0. The highest BCUT2D eigenvalue weighted by molar-refractivity contribution is 7.00. The minimum absolute atomic E-state index is 0.144. The minimum Gasteiger partial charge on any atom is -0.458 e. The summed E-state index contributed by atoms with van der Waals surface area (Å²) in [6.45, 7) is 6.18. The topological polar surface area (TPSA) is 47.3 Å². The van der Waals surface area contributed by atoms with Crippen LogP contribution in [0.5, 0.6) is 11.5 Å². The van der Waals surface area contributed by atoms with Gasteiger partial charge < -0.3 is 9.15 Å². The summed E-state index contributed by atoms with van der Waals surface area (Å²) in [6.07, 6.45) is 5.35. The molecule has 0 saturated carbocycles. The first-order valence-electron chi connectivity index (χ1n) is 31.1. The van der Waals surface area contributed by atoms with E-state index >= 15 is 0 Å². The van der Waals surface area contributed by atoms with E-state index < -0.39 is 60.4 Å². The number of pyridine rings is 1. The van der Waals surface area contributed by atoms with E-state index in [-0.39, 0.29) is 40.1 Å². The standard InChI is InChI=1S/C72H53BN4O2/c1-72(2,3)53-43-44-74-67(45-53)77-65-47-56(41-42-62(65)73(69-61-33-16-19-40-66(61)79-71(69)77)68-57(49-23-8-4-9-24-49)34-21-35-58(68)50-25-10-5-11-26-50)78-55-32-20-31-54(46-55)75-48-76(64-39-18-17-38-63(64)75)70-59(51-27-12-6-13-28-51)36-22-37-60(70)52-29-14-7-15-30-52/h4-47H,1-3H3/i6D,7D,12D,13D,14D,15D,27D,28D,29D,30D. The first-order valence-corrected chi connectivity index (χ1v) is 26.1. The molecule has 0 N–H and O–H groups in total. The van der Waals surface area contributed by atoms with Crippen LogP contribution in [0.3, 0.4) is 0 Å². The predicted molar refractivity (Wildman–Crippen MR) is 324 cm³/mol. The average Bonchev–Trinajstić information content (AvgIpc) is 1.72. The number of hydrogen-bond donors (Lipinski definition) is 0. The van der Waals surface area contributed by atoms with E-state index in [1.54, 1.807) is 27.3 Å². The summed E-state index contributed by atoms with van der Waals surface area (Å²) in [4.78, 5) is 7.21. The Balaban J connectivity index is 0.959. The third-order valence-electron chi connectivity index (χ3n) is 14.7. The van der Waals surface area contributed by atoms with Gasteiger partial charge in [-0.15, -0.1) is 0 Å². The highest BCUT2D eigenvalue weighted by Gasteiger charge is 2.43. The maximum atomic E-state index is 9.15. The number of anilines is 3. The second-order valence-corrected chi connectivity index (χ2v) is 20.5. The van der Waals surface area contributed by atoms with Crippen LogP contribution in [-0.2, 0) is 5.41 Å². The molecule has 14 rings (SSSR count).